The molecule has 1 aromatic carbocycles. The Morgan fingerprint density at radius 1 is 1.00 bits per heavy atom. The maximum atomic E-state index is 12.9. The van der Waals surface area contributed by atoms with E-state index in [1.807, 2.05) is 18.2 Å². The van der Waals surface area contributed by atoms with E-state index >= 15 is 0 Å². The summed E-state index contributed by atoms with van der Waals surface area (Å²) >= 11 is 0. The third kappa shape index (κ3) is 4.58. The topological polar surface area (TPSA) is 65.5 Å². The van der Waals surface area contributed by atoms with Crippen molar-refractivity contribution in [1.82, 2.24) is 9.88 Å². The van der Waals surface area contributed by atoms with Crippen LogP contribution >= 0.6 is 0 Å². The van der Waals surface area contributed by atoms with Crippen molar-refractivity contribution in [3.63, 3.8) is 0 Å². The SMILES string of the molecule is CC(=O)Nc1ccc2nc(N3CCC(C(=O)N4CCCCCC4)CC3)cc(C)c2c1. The molecule has 2 saturated heterocycles. The number of anilines is 2. The number of carbonyl (C=O) groups excluding carboxylic acids is 2. The van der Waals surface area contributed by atoms with Gasteiger partial charge in [-0.1, -0.05) is 12.8 Å². The van der Waals surface area contributed by atoms with Crippen molar-refractivity contribution in [3.05, 3.63) is 29.8 Å². The van der Waals surface area contributed by atoms with Crippen molar-refractivity contribution in [2.45, 2.75) is 52.4 Å². The number of amides is 2. The lowest BCUT2D eigenvalue weighted by Gasteiger charge is -2.35. The molecule has 0 unspecified atom stereocenters. The average Bonchev–Trinajstić information content (AvgIpc) is 3.03. The minimum atomic E-state index is -0.0748. The molecule has 2 fully saturated rings. The summed E-state index contributed by atoms with van der Waals surface area (Å²) in [4.78, 5) is 33.6. The highest BCUT2D eigenvalue weighted by Crippen LogP contribution is 2.29. The fourth-order valence-corrected chi connectivity index (χ4v) is 4.72. The minimum absolute atomic E-state index is 0.0748. The zero-order chi connectivity index (χ0) is 21.1. The summed E-state index contributed by atoms with van der Waals surface area (Å²) in [7, 11) is 0. The van der Waals surface area contributed by atoms with E-state index in [0.717, 1.165) is 79.8 Å². The maximum Gasteiger partial charge on any atom is 0.225 e. The minimum Gasteiger partial charge on any atom is -0.357 e. The zero-order valence-electron chi connectivity index (χ0n) is 18.1. The van der Waals surface area contributed by atoms with Gasteiger partial charge in [-0.2, -0.15) is 0 Å². The number of aromatic nitrogens is 1. The highest BCUT2D eigenvalue weighted by atomic mass is 16.2. The lowest BCUT2D eigenvalue weighted by molar-refractivity contribution is -0.136. The summed E-state index contributed by atoms with van der Waals surface area (Å²) < 4.78 is 0. The smallest absolute Gasteiger partial charge is 0.225 e. The van der Waals surface area contributed by atoms with Crippen LogP contribution in [0.5, 0.6) is 0 Å². The molecule has 2 aliphatic heterocycles. The van der Waals surface area contributed by atoms with Crippen molar-refractivity contribution < 1.29 is 9.59 Å². The molecule has 2 aliphatic rings. The lowest BCUT2D eigenvalue weighted by Crippen LogP contribution is -2.43. The highest BCUT2D eigenvalue weighted by Gasteiger charge is 2.29. The van der Waals surface area contributed by atoms with Crippen LogP contribution in [-0.4, -0.2) is 47.9 Å². The third-order valence-electron chi connectivity index (χ3n) is 6.41. The Hall–Kier alpha value is -2.63. The number of carbonyl (C=O) groups is 2. The lowest BCUT2D eigenvalue weighted by atomic mass is 9.95. The van der Waals surface area contributed by atoms with Crippen LogP contribution in [0, 0.1) is 12.8 Å². The second kappa shape index (κ2) is 9.02. The van der Waals surface area contributed by atoms with Crippen molar-refractivity contribution in [2.75, 3.05) is 36.4 Å². The molecule has 0 spiro atoms. The van der Waals surface area contributed by atoms with Gasteiger partial charge in [0.05, 0.1) is 5.52 Å². The Balaban J connectivity index is 1.44. The monoisotopic (exact) mass is 408 g/mol. The summed E-state index contributed by atoms with van der Waals surface area (Å²) in [5.74, 6) is 1.42. The third-order valence-corrected chi connectivity index (χ3v) is 6.41. The molecule has 1 aromatic heterocycles. The van der Waals surface area contributed by atoms with E-state index in [-0.39, 0.29) is 11.8 Å². The van der Waals surface area contributed by atoms with Gasteiger partial charge in [-0.05, 0) is 62.4 Å². The summed E-state index contributed by atoms with van der Waals surface area (Å²) in [5.41, 5.74) is 2.87. The first-order valence-electron chi connectivity index (χ1n) is 11.2. The van der Waals surface area contributed by atoms with Crippen LogP contribution in [-0.2, 0) is 9.59 Å². The molecule has 0 saturated carbocycles. The molecule has 2 amide bonds. The largest absolute Gasteiger partial charge is 0.357 e. The van der Waals surface area contributed by atoms with Crippen LogP contribution in [0.3, 0.4) is 0 Å². The number of fused-ring (bicyclic) bond motifs is 1. The summed E-state index contributed by atoms with van der Waals surface area (Å²) in [5, 5.41) is 3.89. The van der Waals surface area contributed by atoms with E-state index in [2.05, 4.69) is 28.1 Å². The summed E-state index contributed by atoms with van der Waals surface area (Å²) in [6.45, 7) is 7.20. The van der Waals surface area contributed by atoms with E-state index in [1.165, 1.54) is 19.8 Å². The summed E-state index contributed by atoms with van der Waals surface area (Å²) in [6.07, 6.45) is 6.59. The molecule has 3 heterocycles. The van der Waals surface area contributed by atoms with Gasteiger partial charge in [0.1, 0.15) is 5.82 Å². The molecule has 30 heavy (non-hydrogen) atoms. The van der Waals surface area contributed by atoms with Gasteiger partial charge in [0.25, 0.3) is 0 Å². The second-order valence-electron chi connectivity index (χ2n) is 8.71. The molecular weight excluding hydrogens is 376 g/mol. The molecule has 6 heteroatoms. The Morgan fingerprint density at radius 2 is 1.70 bits per heavy atom. The van der Waals surface area contributed by atoms with Gasteiger partial charge < -0.3 is 15.1 Å². The average molecular weight is 409 g/mol. The van der Waals surface area contributed by atoms with Gasteiger partial charge in [-0.25, -0.2) is 4.98 Å². The molecule has 6 nitrogen and oxygen atoms in total. The van der Waals surface area contributed by atoms with Gasteiger partial charge in [0.15, 0.2) is 0 Å². The molecule has 1 N–H and O–H groups in total. The van der Waals surface area contributed by atoms with Crippen LogP contribution in [0.1, 0.15) is 51.0 Å². The molecule has 0 bridgehead atoms. The van der Waals surface area contributed by atoms with E-state index in [4.69, 9.17) is 4.98 Å². The Bertz CT molecular complexity index is 926. The van der Waals surface area contributed by atoms with Gasteiger partial charge >= 0.3 is 0 Å². The number of aryl methyl sites for hydroxylation is 1. The van der Waals surface area contributed by atoms with Gasteiger partial charge in [0, 0.05) is 50.1 Å². The number of benzene rings is 1. The number of hydrogen-bond acceptors (Lipinski definition) is 4. The quantitative estimate of drug-likeness (QED) is 0.830. The van der Waals surface area contributed by atoms with Crippen molar-refractivity contribution >= 4 is 34.2 Å². The van der Waals surface area contributed by atoms with Gasteiger partial charge in [0.2, 0.25) is 11.8 Å². The maximum absolute atomic E-state index is 12.9. The van der Waals surface area contributed by atoms with Crippen LogP contribution in [0.25, 0.3) is 10.9 Å². The first kappa shape index (κ1) is 20.6. The van der Waals surface area contributed by atoms with Gasteiger partial charge in [-0.3, -0.25) is 9.59 Å². The van der Waals surface area contributed by atoms with Crippen molar-refractivity contribution in [3.8, 4) is 0 Å². The van der Waals surface area contributed by atoms with Crippen molar-refractivity contribution in [1.29, 1.82) is 0 Å². The number of likely N-dealkylation sites (tertiary alicyclic amines) is 1. The number of rotatable bonds is 3. The van der Waals surface area contributed by atoms with E-state index in [0.29, 0.717) is 5.91 Å². The Kier molecular flexibility index (Phi) is 6.21. The Labute approximate surface area is 178 Å². The first-order chi connectivity index (χ1) is 14.5. The van der Waals surface area contributed by atoms with E-state index < -0.39 is 0 Å². The fourth-order valence-electron chi connectivity index (χ4n) is 4.72. The number of piperidine rings is 1. The number of pyridine rings is 1. The second-order valence-corrected chi connectivity index (χ2v) is 8.71. The standard InChI is InChI=1S/C24H32N4O2/c1-17-15-23(26-22-8-7-20(16-21(17)22)25-18(2)29)27-13-9-19(10-14-27)24(30)28-11-5-3-4-6-12-28/h7-8,15-16,19H,3-6,9-14H2,1-2H3,(H,25,29). The molecule has 2 aromatic rings. The van der Waals surface area contributed by atoms with E-state index in [1.54, 1.807) is 0 Å². The predicted octanol–water partition coefficient (Wildman–Crippen LogP) is 4.12. The Morgan fingerprint density at radius 3 is 2.37 bits per heavy atom. The molecule has 160 valence electrons. The molecular formula is C24H32N4O2. The van der Waals surface area contributed by atoms with Crippen LogP contribution < -0.4 is 10.2 Å². The van der Waals surface area contributed by atoms with Crippen LogP contribution in [0.15, 0.2) is 24.3 Å². The first-order valence-corrected chi connectivity index (χ1v) is 11.2. The zero-order valence-corrected chi connectivity index (χ0v) is 18.1. The predicted molar refractivity (Wildman–Crippen MR) is 121 cm³/mol. The number of hydrogen-bond donors (Lipinski definition) is 1. The van der Waals surface area contributed by atoms with Gasteiger partial charge in [-0.15, -0.1) is 0 Å². The normalized spacial score (nSPS) is 18.3. The molecule has 0 atom stereocenters. The molecule has 0 aliphatic carbocycles. The van der Waals surface area contributed by atoms with Crippen LogP contribution in [0.2, 0.25) is 0 Å². The number of nitrogens with zero attached hydrogens (tertiary/aromatic N) is 3. The number of nitrogens with one attached hydrogen (secondary N) is 1. The summed E-state index contributed by atoms with van der Waals surface area (Å²) in [6, 6.07) is 7.96. The molecule has 0 radical (unpaired) electrons. The van der Waals surface area contributed by atoms with Crippen LogP contribution in [0.4, 0.5) is 11.5 Å². The molecule has 4 rings (SSSR count). The van der Waals surface area contributed by atoms with Crippen molar-refractivity contribution in [2.24, 2.45) is 5.92 Å². The fraction of sp³-hybridized carbons (Fsp3) is 0.542. The highest BCUT2D eigenvalue weighted by molar-refractivity contribution is 5.93. The van der Waals surface area contributed by atoms with E-state index in [9.17, 15) is 9.59 Å².